The van der Waals surface area contributed by atoms with Crippen molar-refractivity contribution in [2.45, 2.75) is 12.8 Å². The van der Waals surface area contributed by atoms with Crippen LogP contribution in [0.3, 0.4) is 0 Å². The number of nitrogens with one attached hydrogen (secondary N) is 1. The number of nitrogens with two attached hydrogens (primary N) is 1. The molecule has 0 fully saturated rings. The first-order valence-electron chi connectivity index (χ1n) is 6.44. The van der Waals surface area contributed by atoms with Gasteiger partial charge in [-0.1, -0.05) is 30.3 Å². The van der Waals surface area contributed by atoms with Crippen molar-refractivity contribution >= 4 is 17.5 Å². The Morgan fingerprint density at radius 1 is 1.14 bits per heavy atom. The van der Waals surface area contributed by atoms with Gasteiger partial charge in [-0.25, -0.2) is 4.39 Å². The topological polar surface area (TPSA) is 72.2 Å². The predicted octanol–water partition coefficient (Wildman–Crippen LogP) is 2.67. The van der Waals surface area contributed by atoms with Gasteiger partial charge in [0.15, 0.2) is 0 Å². The number of carbonyl (C=O) groups excluding carboxylic acids is 2. The molecule has 2 rings (SSSR count). The van der Waals surface area contributed by atoms with Gasteiger partial charge < -0.3 is 11.1 Å². The third-order valence-corrected chi connectivity index (χ3v) is 3.20. The number of primary amides is 1. The van der Waals surface area contributed by atoms with Gasteiger partial charge in [-0.2, -0.15) is 0 Å². The van der Waals surface area contributed by atoms with Crippen LogP contribution in [0, 0.1) is 5.82 Å². The van der Waals surface area contributed by atoms with E-state index >= 15 is 0 Å². The average molecular weight is 286 g/mol. The van der Waals surface area contributed by atoms with Crippen LogP contribution in [0.15, 0.2) is 48.5 Å². The molecule has 0 spiro atoms. The van der Waals surface area contributed by atoms with Crippen LogP contribution in [0.5, 0.6) is 0 Å². The minimum Gasteiger partial charge on any atom is -0.366 e. The first-order chi connectivity index (χ1) is 9.99. The van der Waals surface area contributed by atoms with Crippen molar-refractivity contribution in [1.82, 2.24) is 0 Å². The highest BCUT2D eigenvalue weighted by Gasteiger charge is 2.17. The summed E-state index contributed by atoms with van der Waals surface area (Å²) in [6.45, 7) is 1.74. The fourth-order valence-electron chi connectivity index (χ4n) is 1.90. The molecule has 2 aromatic rings. The number of carbonyl (C=O) groups is 2. The fourth-order valence-corrected chi connectivity index (χ4v) is 1.90. The van der Waals surface area contributed by atoms with E-state index in [1.165, 1.54) is 12.1 Å². The summed E-state index contributed by atoms with van der Waals surface area (Å²) < 4.78 is 13.8. The van der Waals surface area contributed by atoms with E-state index in [1.54, 1.807) is 6.92 Å². The molecule has 0 bridgehead atoms. The van der Waals surface area contributed by atoms with Crippen molar-refractivity contribution in [2.24, 2.45) is 5.73 Å². The molecule has 0 saturated heterocycles. The van der Waals surface area contributed by atoms with E-state index in [2.05, 4.69) is 5.32 Å². The molecule has 4 nitrogen and oxygen atoms in total. The summed E-state index contributed by atoms with van der Waals surface area (Å²) in [5.41, 5.74) is 5.98. The monoisotopic (exact) mass is 286 g/mol. The second kappa shape index (κ2) is 6.17. The Hall–Kier alpha value is -2.69. The van der Waals surface area contributed by atoms with Crippen LogP contribution in [0.2, 0.25) is 0 Å². The van der Waals surface area contributed by atoms with Gasteiger partial charge in [0.2, 0.25) is 11.8 Å². The Kier molecular flexibility index (Phi) is 4.33. The lowest BCUT2D eigenvalue weighted by Crippen LogP contribution is -2.20. The third kappa shape index (κ3) is 3.45. The van der Waals surface area contributed by atoms with E-state index in [0.717, 1.165) is 11.6 Å². The van der Waals surface area contributed by atoms with Crippen molar-refractivity contribution in [3.05, 3.63) is 65.5 Å². The predicted molar refractivity (Wildman–Crippen MR) is 78.4 cm³/mol. The molecule has 0 saturated carbocycles. The summed E-state index contributed by atoms with van der Waals surface area (Å²) in [5, 5.41) is 2.51. The highest BCUT2D eigenvalue weighted by atomic mass is 19.1. The number of anilines is 1. The van der Waals surface area contributed by atoms with E-state index in [0.29, 0.717) is 0 Å². The molecule has 21 heavy (non-hydrogen) atoms. The van der Waals surface area contributed by atoms with Crippen LogP contribution in [0.25, 0.3) is 0 Å². The quantitative estimate of drug-likeness (QED) is 0.907. The lowest BCUT2D eigenvalue weighted by atomic mass is 10.0. The smallest absolute Gasteiger partial charge is 0.248 e. The lowest BCUT2D eigenvalue weighted by molar-refractivity contribution is -0.117. The van der Waals surface area contributed by atoms with E-state index in [-0.39, 0.29) is 17.2 Å². The second-order valence-corrected chi connectivity index (χ2v) is 4.68. The molecule has 0 aliphatic rings. The molecule has 2 aromatic carbocycles. The summed E-state index contributed by atoms with van der Waals surface area (Å²) in [4.78, 5) is 23.1. The number of hydrogen-bond donors (Lipinski definition) is 2. The molecule has 0 heterocycles. The first-order valence-corrected chi connectivity index (χ1v) is 6.44. The highest BCUT2D eigenvalue weighted by Crippen LogP contribution is 2.20. The number of hydrogen-bond acceptors (Lipinski definition) is 2. The molecule has 1 atom stereocenters. The molecule has 0 aliphatic carbocycles. The molecule has 0 aliphatic heterocycles. The SMILES string of the molecule is C[C@@H](C(=O)Nc1ccc(C(N)=O)cc1F)c1ccccc1. The van der Waals surface area contributed by atoms with Crippen molar-refractivity contribution in [3.8, 4) is 0 Å². The molecule has 5 heteroatoms. The van der Waals surface area contributed by atoms with E-state index in [4.69, 9.17) is 5.73 Å². The summed E-state index contributed by atoms with van der Waals surface area (Å²) in [7, 11) is 0. The average Bonchev–Trinajstić information content (AvgIpc) is 2.49. The second-order valence-electron chi connectivity index (χ2n) is 4.68. The maximum Gasteiger partial charge on any atom is 0.248 e. The molecule has 0 aromatic heterocycles. The zero-order valence-corrected chi connectivity index (χ0v) is 11.5. The van der Waals surface area contributed by atoms with Gasteiger partial charge in [-0.05, 0) is 30.7 Å². The van der Waals surface area contributed by atoms with Crippen molar-refractivity contribution in [3.63, 3.8) is 0 Å². The molecule has 2 amide bonds. The normalized spacial score (nSPS) is 11.7. The summed E-state index contributed by atoms with van der Waals surface area (Å²) in [6.07, 6.45) is 0. The van der Waals surface area contributed by atoms with Gasteiger partial charge in [0.25, 0.3) is 0 Å². The number of amides is 2. The van der Waals surface area contributed by atoms with Crippen LogP contribution in [-0.4, -0.2) is 11.8 Å². The van der Waals surface area contributed by atoms with Crippen molar-refractivity contribution < 1.29 is 14.0 Å². The summed E-state index contributed by atoms with van der Waals surface area (Å²) in [6, 6.07) is 12.9. The maximum atomic E-state index is 13.8. The molecular formula is C16H15FN2O2. The van der Waals surface area contributed by atoms with Crippen molar-refractivity contribution in [2.75, 3.05) is 5.32 Å². The van der Waals surface area contributed by atoms with E-state index in [9.17, 15) is 14.0 Å². The van der Waals surface area contributed by atoms with Gasteiger partial charge in [0.1, 0.15) is 5.82 Å². The lowest BCUT2D eigenvalue weighted by Gasteiger charge is -2.13. The van der Waals surface area contributed by atoms with Crippen LogP contribution < -0.4 is 11.1 Å². The van der Waals surface area contributed by atoms with Gasteiger partial charge in [-0.3, -0.25) is 9.59 Å². The summed E-state index contributed by atoms with van der Waals surface area (Å²) in [5.74, 6) is -2.15. The zero-order chi connectivity index (χ0) is 15.4. The largest absolute Gasteiger partial charge is 0.366 e. The Bertz CT molecular complexity index is 671. The molecule has 108 valence electrons. The van der Waals surface area contributed by atoms with E-state index < -0.39 is 17.6 Å². The standard InChI is InChI=1S/C16H15FN2O2/c1-10(11-5-3-2-4-6-11)16(21)19-14-8-7-12(15(18)20)9-13(14)17/h2-10H,1H3,(H2,18,20)(H,19,21)/t10-/m1/s1. The van der Waals surface area contributed by atoms with Crippen LogP contribution in [0.4, 0.5) is 10.1 Å². The third-order valence-electron chi connectivity index (χ3n) is 3.20. The minimum absolute atomic E-state index is 0.0211. The van der Waals surface area contributed by atoms with Gasteiger partial charge in [-0.15, -0.1) is 0 Å². The van der Waals surface area contributed by atoms with Crippen molar-refractivity contribution in [1.29, 1.82) is 0 Å². The number of halogens is 1. The molecular weight excluding hydrogens is 271 g/mol. The Morgan fingerprint density at radius 3 is 2.38 bits per heavy atom. The summed E-state index contributed by atoms with van der Waals surface area (Å²) >= 11 is 0. The molecule has 0 unspecified atom stereocenters. The van der Waals surface area contributed by atoms with Gasteiger partial charge >= 0.3 is 0 Å². The molecule has 0 radical (unpaired) electrons. The van der Waals surface area contributed by atoms with Crippen LogP contribution in [0.1, 0.15) is 28.8 Å². The maximum absolute atomic E-state index is 13.8. The number of benzene rings is 2. The Labute approximate surface area is 121 Å². The Balaban J connectivity index is 2.15. The Morgan fingerprint density at radius 2 is 1.81 bits per heavy atom. The van der Waals surface area contributed by atoms with Crippen LogP contribution in [-0.2, 0) is 4.79 Å². The highest BCUT2D eigenvalue weighted by molar-refractivity contribution is 5.97. The zero-order valence-electron chi connectivity index (χ0n) is 11.5. The van der Waals surface area contributed by atoms with Crippen LogP contribution >= 0.6 is 0 Å². The van der Waals surface area contributed by atoms with Gasteiger partial charge in [0.05, 0.1) is 11.6 Å². The fraction of sp³-hybridized carbons (Fsp3) is 0.125. The minimum atomic E-state index is -0.718. The molecule has 3 N–H and O–H groups in total. The first kappa shape index (κ1) is 14.7. The van der Waals surface area contributed by atoms with Gasteiger partial charge in [0, 0.05) is 5.56 Å². The number of rotatable bonds is 4. The van der Waals surface area contributed by atoms with E-state index in [1.807, 2.05) is 30.3 Å².